The Morgan fingerprint density at radius 2 is 2.05 bits per heavy atom. The van der Waals surface area contributed by atoms with Gasteiger partial charge < -0.3 is 20.4 Å². The van der Waals surface area contributed by atoms with E-state index in [1.165, 1.54) is 12.1 Å². The minimum Gasteiger partial charge on any atom is -0.508 e. The van der Waals surface area contributed by atoms with E-state index in [0.29, 0.717) is 12.1 Å². The summed E-state index contributed by atoms with van der Waals surface area (Å²) in [7, 11) is 0. The van der Waals surface area contributed by atoms with Crippen molar-refractivity contribution >= 4 is 5.97 Å². The Morgan fingerprint density at radius 3 is 2.60 bits per heavy atom. The fourth-order valence-corrected chi connectivity index (χ4v) is 2.14. The van der Waals surface area contributed by atoms with Gasteiger partial charge in [-0.15, -0.1) is 0 Å². The van der Waals surface area contributed by atoms with E-state index in [1.54, 1.807) is 12.1 Å². The number of carboxylic acid groups (broad SMARTS) is 1. The molecule has 0 amide bonds. The van der Waals surface area contributed by atoms with Crippen LogP contribution < -0.4 is 5.32 Å². The van der Waals surface area contributed by atoms with Crippen LogP contribution in [-0.2, 0) is 4.79 Å². The summed E-state index contributed by atoms with van der Waals surface area (Å²) in [6.07, 6.45) is 0.893. The number of hydrogen-bond acceptors (Lipinski definition) is 4. The first kappa shape index (κ1) is 16.5. The first-order chi connectivity index (χ1) is 9.58. The maximum atomic E-state index is 11.3. The average molecular weight is 280 g/mol. The molecular formula is C15H24N2O3. The van der Waals surface area contributed by atoms with Gasteiger partial charge in [0.15, 0.2) is 0 Å². The van der Waals surface area contributed by atoms with Crippen LogP contribution in [0.3, 0.4) is 0 Å². The molecule has 0 aliphatic carbocycles. The molecule has 1 aromatic carbocycles. The van der Waals surface area contributed by atoms with Crippen molar-refractivity contribution in [3.63, 3.8) is 0 Å². The monoisotopic (exact) mass is 280 g/mol. The molecule has 3 N–H and O–H groups in total. The zero-order valence-corrected chi connectivity index (χ0v) is 12.2. The third kappa shape index (κ3) is 5.19. The summed E-state index contributed by atoms with van der Waals surface area (Å²) in [5.74, 6) is -0.850. The van der Waals surface area contributed by atoms with Gasteiger partial charge in [0.05, 0.1) is 0 Å². The van der Waals surface area contributed by atoms with E-state index in [0.717, 1.165) is 26.1 Å². The lowest BCUT2D eigenvalue weighted by Gasteiger charge is -2.19. The molecule has 0 aliphatic heterocycles. The normalized spacial score (nSPS) is 12.6. The van der Waals surface area contributed by atoms with Crippen LogP contribution in [0, 0.1) is 0 Å². The highest BCUT2D eigenvalue weighted by Gasteiger charge is 2.19. The Morgan fingerprint density at radius 1 is 1.35 bits per heavy atom. The first-order valence-electron chi connectivity index (χ1n) is 7.06. The lowest BCUT2D eigenvalue weighted by atomic mass is 10.1. The van der Waals surface area contributed by atoms with Crippen LogP contribution >= 0.6 is 0 Å². The molecule has 0 radical (unpaired) electrons. The Bertz CT molecular complexity index is 419. The molecule has 1 rings (SSSR count). The minimum absolute atomic E-state index is 0.0821. The van der Waals surface area contributed by atoms with Crippen molar-refractivity contribution < 1.29 is 15.0 Å². The van der Waals surface area contributed by atoms with Crippen molar-refractivity contribution in [3.05, 3.63) is 29.8 Å². The third-order valence-electron chi connectivity index (χ3n) is 3.34. The van der Waals surface area contributed by atoms with Gasteiger partial charge in [0.2, 0.25) is 0 Å². The summed E-state index contributed by atoms with van der Waals surface area (Å²) in [5, 5.41) is 21.7. The van der Waals surface area contributed by atoms with E-state index >= 15 is 0 Å². The van der Waals surface area contributed by atoms with Crippen molar-refractivity contribution in [2.45, 2.75) is 26.3 Å². The average Bonchev–Trinajstić information content (AvgIpc) is 2.42. The first-order valence-corrected chi connectivity index (χ1v) is 7.06. The second-order valence-electron chi connectivity index (χ2n) is 4.70. The van der Waals surface area contributed by atoms with Crippen LogP contribution in [0.1, 0.15) is 31.9 Å². The highest BCUT2D eigenvalue weighted by molar-refractivity contribution is 5.75. The maximum Gasteiger partial charge on any atom is 0.325 e. The van der Waals surface area contributed by atoms with E-state index in [9.17, 15) is 15.0 Å². The van der Waals surface area contributed by atoms with Crippen LogP contribution in [0.2, 0.25) is 0 Å². The number of nitrogens with zero attached hydrogens (tertiary/aromatic N) is 1. The lowest BCUT2D eigenvalue weighted by molar-refractivity contribution is -0.139. The molecule has 20 heavy (non-hydrogen) atoms. The van der Waals surface area contributed by atoms with Crippen molar-refractivity contribution in [2.75, 3.05) is 26.2 Å². The van der Waals surface area contributed by atoms with Crippen LogP contribution in [0.25, 0.3) is 0 Å². The zero-order valence-electron chi connectivity index (χ0n) is 12.2. The number of nitrogens with one attached hydrogen (secondary N) is 1. The van der Waals surface area contributed by atoms with Gasteiger partial charge in [0, 0.05) is 0 Å². The topological polar surface area (TPSA) is 72.8 Å². The number of carbonyl (C=O) groups is 1. The standard InChI is InChI=1S/C15H24N2O3/c1-3-17(4-2)10-6-9-16-14(15(19)20)12-7-5-8-13(18)11-12/h5,7-8,11,14,16,18H,3-4,6,9-10H2,1-2H3,(H,19,20). The fourth-order valence-electron chi connectivity index (χ4n) is 2.14. The van der Waals surface area contributed by atoms with Gasteiger partial charge in [-0.05, 0) is 50.3 Å². The molecule has 112 valence electrons. The van der Waals surface area contributed by atoms with E-state index in [2.05, 4.69) is 24.1 Å². The van der Waals surface area contributed by atoms with Crippen molar-refractivity contribution in [1.29, 1.82) is 0 Å². The van der Waals surface area contributed by atoms with Gasteiger partial charge in [-0.3, -0.25) is 4.79 Å². The maximum absolute atomic E-state index is 11.3. The van der Waals surface area contributed by atoms with Gasteiger partial charge in [0.1, 0.15) is 11.8 Å². The lowest BCUT2D eigenvalue weighted by Crippen LogP contribution is -2.32. The number of aromatic hydroxyl groups is 1. The third-order valence-corrected chi connectivity index (χ3v) is 3.34. The second kappa shape index (κ2) is 8.55. The molecule has 0 aromatic heterocycles. The molecule has 5 heteroatoms. The van der Waals surface area contributed by atoms with Crippen LogP contribution in [-0.4, -0.2) is 47.3 Å². The van der Waals surface area contributed by atoms with E-state index in [4.69, 9.17) is 0 Å². The summed E-state index contributed by atoms with van der Waals surface area (Å²) in [6, 6.07) is 5.59. The molecular weight excluding hydrogens is 256 g/mol. The zero-order chi connectivity index (χ0) is 15.0. The van der Waals surface area contributed by atoms with Crippen molar-refractivity contribution in [3.8, 4) is 5.75 Å². The van der Waals surface area contributed by atoms with Crippen LogP contribution in [0.4, 0.5) is 0 Å². The molecule has 5 nitrogen and oxygen atoms in total. The van der Waals surface area contributed by atoms with Crippen LogP contribution in [0.5, 0.6) is 5.75 Å². The molecule has 0 saturated carbocycles. The summed E-state index contributed by atoms with van der Waals surface area (Å²) < 4.78 is 0. The summed E-state index contributed by atoms with van der Waals surface area (Å²) in [6.45, 7) is 7.82. The molecule has 0 saturated heterocycles. The molecule has 0 bridgehead atoms. The minimum atomic E-state index is -0.932. The number of carboxylic acids is 1. The van der Waals surface area contributed by atoms with Gasteiger partial charge in [-0.25, -0.2) is 0 Å². The quantitative estimate of drug-likeness (QED) is 0.602. The number of aliphatic carboxylic acids is 1. The van der Waals surface area contributed by atoms with E-state index in [-0.39, 0.29) is 5.75 Å². The molecule has 1 aromatic rings. The van der Waals surface area contributed by atoms with Crippen molar-refractivity contribution in [1.82, 2.24) is 10.2 Å². The predicted octanol–water partition coefficient (Wildman–Crippen LogP) is 1.84. The SMILES string of the molecule is CCN(CC)CCCNC(C(=O)O)c1cccc(O)c1. The number of hydrogen-bond donors (Lipinski definition) is 3. The molecule has 0 heterocycles. The second-order valence-corrected chi connectivity index (χ2v) is 4.70. The van der Waals surface area contributed by atoms with E-state index < -0.39 is 12.0 Å². The number of rotatable bonds is 9. The highest BCUT2D eigenvalue weighted by atomic mass is 16.4. The van der Waals surface area contributed by atoms with E-state index in [1.807, 2.05) is 0 Å². The number of benzene rings is 1. The summed E-state index contributed by atoms with van der Waals surface area (Å²) in [5.41, 5.74) is 0.570. The summed E-state index contributed by atoms with van der Waals surface area (Å²) >= 11 is 0. The van der Waals surface area contributed by atoms with Gasteiger partial charge in [0.25, 0.3) is 0 Å². The fraction of sp³-hybridized carbons (Fsp3) is 0.533. The van der Waals surface area contributed by atoms with Crippen LogP contribution in [0.15, 0.2) is 24.3 Å². The number of phenolic OH excluding ortho intramolecular Hbond substituents is 1. The smallest absolute Gasteiger partial charge is 0.325 e. The Labute approximate surface area is 120 Å². The largest absolute Gasteiger partial charge is 0.508 e. The Hall–Kier alpha value is -1.59. The van der Waals surface area contributed by atoms with Gasteiger partial charge in [-0.2, -0.15) is 0 Å². The highest BCUT2D eigenvalue weighted by Crippen LogP contribution is 2.18. The summed E-state index contributed by atoms with van der Waals surface area (Å²) in [4.78, 5) is 13.6. The van der Waals surface area contributed by atoms with Gasteiger partial charge >= 0.3 is 5.97 Å². The molecule has 1 atom stereocenters. The molecule has 1 unspecified atom stereocenters. The molecule has 0 fully saturated rings. The molecule has 0 spiro atoms. The Balaban J connectivity index is 2.50. The molecule has 0 aliphatic rings. The van der Waals surface area contributed by atoms with Crippen molar-refractivity contribution in [2.24, 2.45) is 0 Å². The Kier molecular flexibility index (Phi) is 7.04. The van der Waals surface area contributed by atoms with Gasteiger partial charge in [-0.1, -0.05) is 26.0 Å². The predicted molar refractivity (Wildman–Crippen MR) is 78.9 cm³/mol. The number of phenols is 1.